The fraction of sp³-hybridized carbons (Fsp3) is 0.875. The third kappa shape index (κ3) is 5.38. The highest BCUT2D eigenvalue weighted by molar-refractivity contribution is 7.99. The Bertz CT molecular complexity index is 395. The highest BCUT2D eigenvalue weighted by Gasteiger charge is 2.31. The SMILES string of the molecule is CC(C)(C)OC(=O)N[C@H]1CC[C@H](C(=O)N2CCSCC2)CC1. The Balaban J connectivity index is 1.73. The molecule has 0 aromatic rings. The zero-order valence-corrected chi connectivity index (χ0v) is 14.7. The first-order valence-electron chi connectivity index (χ1n) is 8.21. The first-order chi connectivity index (χ1) is 10.3. The van der Waals surface area contributed by atoms with Crippen LogP contribution in [-0.4, -0.2) is 53.1 Å². The van der Waals surface area contributed by atoms with Crippen LogP contribution >= 0.6 is 11.8 Å². The van der Waals surface area contributed by atoms with E-state index in [0.717, 1.165) is 50.3 Å². The van der Waals surface area contributed by atoms with Gasteiger partial charge in [0.1, 0.15) is 5.60 Å². The number of amides is 2. The van der Waals surface area contributed by atoms with Crippen molar-refractivity contribution >= 4 is 23.8 Å². The summed E-state index contributed by atoms with van der Waals surface area (Å²) in [6.45, 7) is 7.36. The van der Waals surface area contributed by atoms with Gasteiger partial charge in [0.2, 0.25) is 5.91 Å². The molecule has 0 bridgehead atoms. The molecule has 1 N–H and O–H groups in total. The van der Waals surface area contributed by atoms with Crippen LogP contribution in [0.5, 0.6) is 0 Å². The van der Waals surface area contributed by atoms with Crippen LogP contribution in [0.4, 0.5) is 4.79 Å². The summed E-state index contributed by atoms with van der Waals surface area (Å²) in [7, 11) is 0. The Morgan fingerprint density at radius 1 is 1.09 bits per heavy atom. The molecule has 2 fully saturated rings. The molecule has 22 heavy (non-hydrogen) atoms. The largest absolute Gasteiger partial charge is 0.444 e. The van der Waals surface area contributed by atoms with E-state index in [1.165, 1.54) is 0 Å². The molecule has 126 valence electrons. The molecule has 6 heteroatoms. The van der Waals surface area contributed by atoms with Gasteiger partial charge in [-0.3, -0.25) is 4.79 Å². The van der Waals surface area contributed by atoms with E-state index in [2.05, 4.69) is 5.32 Å². The third-order valence-electron chi connectivity index (χ3n) is 4.12. The summed E-state index contributed by atoms with van der Waals surface area (Å²) in [5.74, 6) is 2.57. The lowest BCUT2D eigenvalue weighted by atomic mass is 9.85. The van der Waals surface area contributed by atoms with Crippen molar-refractivity contribution in [3.63, 3.8) is 0 Å². The summed E-state index contributed by atoms with van der Waals surface area (Å²) in [4.78, 5) is 26.3. The lowest BCUT2D eigenvalue weighted by Crippen LogP contribution is -2.45. The van der Waals surface area contributed by atoms with Crippen molar-refractivity contribution in [2.75, 3.05) is 24.6 Å². The summed E-state index contributed by atoms with van der Waals surface area (Å²) in [6, 6.07) is 0.135. The molecule has 1 aliphatic heterocycles. The Labute approximate surface area is 137 Å². The Morgan fingerprint density at radius 2 is 1.68 bits per heavy atom. The van der Waals surface area contributed by atoms with Crippen molar-refractivity contribution in [3.05, 3.63) is 0 Å². The minimum absolute atomic E-state index is 0.135. The zero-order valence-electron chi connectivity index (χ0n) is 13.9. The number of hydrogen-bond acceptors (Lipinski definition) is 4. The minimum atomic E-state index is -0.469. The second-order valence-electron chi connectivity index (χ2n) is 7.13. The van der Waals surface area contributed by atoms with Crippen molar-refractivity contribution in [2.45, 2.75) is 58.1 Å². The number of ether oxygens (including phenoxy) is 1. The van der Waals surface area contributed by atoms with E-state index in [1.54, 1.807) is 0 Å². The Kier molecular flexibility index (Phi) is 6.01. The van der Waals surface area contributed by atoms with E-state index >= 15 is 0 Å². The molecular formula is C16H28N2O3S. The van der Waals surface area contributed by atoms with E-state index in [0.29, 0.717) is 5.91 Å². The van der Waals surface area contributed by atoms with E-state index in [4.69, 9.17) is 4.74 Å². The number of rotatable bonds is 2. The summed E-state index contributed by atoms with van der Waals surface area (Å²) in [5.41, 5.74) is -0.469. The first kappa shape index (κ1) is 17.4. The summed E-state index contributed by atoms with van der Waals surface area (Å²) >= 11 is 1.92. The monoisotopic (exact) mass is 328 g/mol. The fourth-order valence-corrected chi connectivity index (χ4v) is 3.90. The molecule has 0 radical (unpaired) electrons. The average Bonchev–Trinajstić information content (AvgIpc) is 2.46. The molecule has 1 saturated heterocycles. The third-order valence-corrected chi connectivity index (χ3v) is 5.06. The van der Waals surface area contributed by atoms with E-state index in [1.807, 2.05) is 37.4 Å². The topological polar surface area (TPSA) is 58.6 Å². The number of carbonyl (C=O) groups excluding carboxylic acids is 2. The standard InChI is InChI=1S/C16H28N2O3S/c1-16(2,3)21-15(20)17-13-6-4-12(5-7-13)14(19)18-8-10-22-11-9-18/h12-13H,4-11H2,1-3H3,(H,17,20)/t12-,13-. The lowest BCUT2D eigenvalue weighted by molar-refractivity contribution is -0.136. The number of thioether (sulfide) groups is 1. The quantitative estimate of drug-likeness (QED) is 0.846. The van der Waals surface area contributed by atoms with Gasteiger partial charge in [-0.05, 0) is 46.5 Å². The Morgan fingerprint density at radius 3 is 2.23 bits per heavy atom. The molecule has 1 aliphatic carbocycles. The number of carbonyl (C=O) groups is 2. The van der Waals surface area contributed by atoms with Crippen LogP contribution in [-0.2, 0) is 9.53 Å². The predicted molar refractivity (Wildman–Crippen MR) is 89.0 cm³/mol. The molecule has 0 spiro atoms. The number of nitrogens with zero attached hydrogens (tertiary/aromatic N) is 1. The van der Waals surface area contributed by atoms with Crippen molar-refractivity contribution < 1.29 is 14.3 Å². The molecule has 0 atom stereocenters. The summed E-state index contributed by atoms with van der Waals surface area (Å²) < 4.78 is 5.28. The molecular weight excluding hydrogens is 300 g/mol. The van der Waals surface area contributed by atoms with Crippen LogP contribution in [0, 0.1) is 5.92 Å². The smallest absolute Gasteiger partial charge is 0.407 e. The molecule has 2 rings (SSSR count). The highest BCUT2D eigenvalue weighted by Crippen LogP contribution is 2.27. The van der Waals surface area contributed by atoms with Crippen molar-refractivity contribution in [1.29, 1.82) is 0 Å². The average molecular weight is 328 g/mol. The molecule has 1 heterocycles. The van der Waals surface area contributed by atoms with Gasteiger partial charge in [-0.15, -0.1) is 0 Å². The van der Waals surface area contributed by atoms with Gasteiger partial charge >= 0.3 is 6.09 Å². The van der Waals surface area contributed by atoms with Gasteiger partial charge in [0.05, 0.1) is 0 Å². The zero-order chi connectivity index (χ0) is 16.2. The lowest BCUT2D eigenvalue weighted by Gasteiger charge is -2.34. The van der Waals surface area contributed by atoms with Crippen LogP contribution in [0.15, 0.2) is 0 Å². The molecule has 2 amide bonds. The van der Waals surface area contributed by atoms with Gasteiger partial charge in [0.25, 0.3) is 0 Å². The van der Waals surface area contributed by atoms with Crippen molar-refractivity contribution in [2.24, 2.45) is 5.92 Å². The maximum Gasteiger partial charge on any atom is 0.407 e. The molecule has 1 saturated carbocycles. The maximum absolute atomic E-state index is 12.5. The summed E-state index contributed by atoms with van der Waals surface area (Å²) in [6.07, 6.45) is 3.10. The second kappa shape index (κ2) is 7.57. The van der Waals surface area contributed by atoms with Crippen LogP contribution in [0.25, 0.3) is 0 Å². The molecule has 0 aromatic heterocycles. The molecule has 2 aliphatic rings. The van der Waals surface area contributed by atoms with Crippen molar-refractivity contribution in [1.82, 2.24) is 10.2 Å². The van der Waals surface area contributed by atoms with E-state index < -0.39 is 5.60 Å². The van der Waals surface area contributed by atoms with Gasteiger partial charge in [-0.2, -0.15) is 11.8 Å². The molecule has 0 unspecified atom stereocenters. The number of nitrogens with one attached hydrogen (secondary N) is 1. The minimum Gasteiger partial charge on any atom is -0.444 e. The predicted octanol–water partition coefficient (Wildman–Crippen LogP) is 2.65. The van der Waals surface area contributed by atoms with Crippen LogP contribution in [0.3, 0.4) is 0 Å². The summed E-state index contributed by atoms with van der Waals surface area (Å²) in [5, 5.41) is 2.93. The molecule has 0 aromatic carbocycles. The van der Waals surface area contributed by atoms with Crippen LogP contribution < -0.4 is 5.32 Å². The van der Waals surface area contributed by atoms with E-state index in [-0.39, 0.29) is 18.1 Å². The normalized spacial score (nSPS) is 26.4. The van der Waals surface area contributed by atoms with E-state index in [9.17, 15) is 9.59 Å². The first-order valence-corrected chi connectivity index (χ1v) is 9.36. The van der Waals surface area contributed by atoms with Gasteiger partial charge in [0, 0.05) is 36.6 Å². The van der Waals surface area contributed by atoms with Gasteiger partial charge in [0.15, 0.2) is 0 Å². The van der Waals surface area contributed by atoms with Crippen LogP contribution in [0.1, 0.15) is 46.5 Å². The fourth-order valence-electron chi connectivity index (χ4n) is 3.00. The Hall–Kier alpha value is -0.910. The molecule has 5 nitrogen and oxygen atoms in total. The number of alkyl carbamates (subject to hydrolysis) is 1. The van der Waals surface area contributed by atoms with Crippen molar-refractivity contribution in [3.8, 4) is 0 Å². The second-order valence-corrected chi connectivity index (χ2v) is 8.36. The highest BCUT2D eigenvalue weighted by atomic mass is 32.2. The van der Waals surface area contributed by atoms with Gasteiger partial charge in [-0.25, -0.2) is 4.79 Å². The van der Waals surface area contributed by atoms with Gasteiger partial charge in [-0.1, -0.05) is 0 Å². The maximum atomic E-state index is 12.5. The van der Waals surface area contributed by atoms with Gasteiger partial charge < -0.3 is 15.0 Å². The number of hydrogen-bond donors (Lipinski definition) is 1. The van der Waals surface area contributed by atoms with Crippen LogP contribution in [0.2, 0.25) is 0 Å².